The van der Waals surface area contributed by atoms with Crippen LogP contribution in [0, 0.1) is 5.41 Å². The summed E-state index contributed by atoms with van der Waals surface area (Å²) in [7, 11) is 0. The molecule has 2 unspecified atom stereocenters. The van der Waals surface area contributed by atoms with Gasteiger partial charge in [0, 0.05) is 17.4 Å². The molecule has 1 aliphatic rings. The number of fused-ring (bicyclic) bond motifs is 1. The number of carbonyl (C=O) groups is 1. The molecule has 1 heterocycles. The molecule has 20 heavy (non-hydrogen) atoms. The summed E-state index contributed by atoms with van der Waals surface area (Å²) in [5.41, 5.74) is 13.0. The van der Waals surface area contributed by atoms with Crippen molar-refractivity contribution in [3.8, 4) is 5.75 Å². The van der Waals surface area contributed by atoms with Crippen LogP contribution in [0.25, 0.3) is 0 Å². The van der Waals surface area contributed by atoms with Crippen LogP contribution in [0.3, 0.4) is 0 Å². The molecule has 3 atom stereocenters. The third kappa shape index (κ3) is 2.60. The number of nitrogens with two attached hydrogens (primary N) is 2. The summed E-state index contributed by atoms with van der Waals surface area (Å²) >= 11 is 0. The third-order valence-corrected chi connectivity index (χ3v) is 3.62. The fourth-order valence-electron chi connectivity index (χ4n) is 2.51. The zero-order valence-electron chi connectivity index (χ0n) is 11.6. The van der Waals surface area contributed by atoms with E-state index in [2.05, 4.69) is 11.7 Å². The van der Waals surface area contributed by atoms with E-state index >= 15 is 0 Å². The highest BCUT2D eigenvalue weighted by Gasteiger charge is 2.29. The number of rotatable bonds is 3. The lowest BCUT2D eigenvalue weighted by Gasteiger charge is -2.22. The molecule has 0 saturated heterocycles. The first-order chi connectivity index (χ1) is 9.41. The summed E-state index contributed by atoms with van der Waals surface area (Å²) in [5.74, 6) is 0.633. The molecule has 6 nitrogen and oxygen atoms in total. The SMILES string of the molecule is CC1COc2cccc(C(C)[C@H](N)C(=N)OC(N)=O)c21. The van der Waals surface area contributed by atoms with E-state index in [-0.39, 0.29) is 17.7 Å². The number of hydrogen-bond acceptors (Lipinski definition) is 5. The number of nitrogens with one attached hydrogen (secondary N) is 1. The second kappa shape index (κ2) is 5.50. The van der Waals surface area contributed by atoms with Gasteiger partial charge in [-0.05, 0) is 11.6 Å². The van der Waals surface area contributed by atoms with Crippen molar-refractivity contribution in [2.45, 2.75) is 31.7 Å². The maximum Gasteiger partial charge on any atom is 0.411 e. The van der Waals surface area contributed by atoms with Crippen molar-refractivity contribution in [3.05, 3.63) is 29.3 Å². The minimum absolute atomic E-state index is 0.180. The van der Waals surface area contributed by atoms with Crippen LogP contribution in [0.2, 0.25) is 0 Å². The summed E-state index contributed by atoms with van der Waals surface area (Å²) in [4.78, 5) is 10.7. The van der Waals surface area contributed by atoms with E-state index in [4.69, 9.17) is 21.6 Å². The van der Waals surface area contributed by atoms with Gasteiger partial charge < -0.3 is 20.9 Å². The molecule has 0 radical (unpaired) electrons. The molecular formula is C14H19N3O3. The molecule has 2 rings (SSSR count). The molecule has 1 aromatic rings. The Morgan fingerprint density at radius 3 is 2.90 bits per heavy atom. The van der Waals surface area contributed by atoms with Crippen LogP contribution in [-0.4, -0.2) is 24.6 Å². The Labute approximate surface area is 117 Å². The van der Waals surface area contributed by atoms with Crippen molar-refractivity contribution in [2.75, 3.05) is 6.61 Å². The average Bonchev–Trinajstić information content (AvgIpc) is 2.78. The summed E-state index contributed by atoms with van der Waals surface area (Å²) < 4.78 is 10.2. The van der Waals surface area contributed by atoms with Crippen LogP contribution in [0.4, 0.5) is 4.79 Å². The fourth-order valence-corrected chi connectivity index (χ4v) is 2.51. The van der Waals surface area contributed by atoms with Crippen molar-refractivity contribution < 1.29 is 14.3 Å². The molecule has 1 aliphatic heterocycles. The van der Waals surface area contributed by atoms with Gasteiger partial charge in [-0.2, -0.15) is 0 Å². The maximum absolute atomic E-state index is 10.7. The molecule has 1 amide bonds. The summed E-state index contributed by atoms with van der Waals surface area (Å²) in [6, 6.07) is 5.05. The number of benzene rings is 1. The van der Waals surface area contributed by atoms with Crippen LogP contribution in [0.5, 0.6) is 5.75 Å². The highest BCUT2D eigenvalue weighted by Crippen LogP contribution is 2.39. The molecule has 5 N–H and O–H groups in total. The standard InChI is InChI=1S/C14H19N3O3/c1-7-6-19-10-5-3-4-9(11(7)10)8(2)12(15)13(16)20-14(17)18/h3-5,7-8,12,16H,6,15H2,1-2H3,(H2,17,18)/t7?,8?,12-/m0/s1. The van der Waals surface area contributed by atoms with Crippen molar-refractivity contribution in [1.82, 2.24) is 0 Å². The summed E-state index contributed by atoms with van der Waals surface area (Å²) in [6.45, 7) is 4.62. The van der Waals surface area contributed by atoms with Crippen LogP contribution >= 0.6 is 0 Å². The highest BCUT2D eigenvalue weighted by molar-refractivity contribution is 5.89. The molecule has 0 saturated carbocycles. The highest BCUT2D eigenvalue weighted by atomic mass is 16.6. The summed E-state index contributed by atoms with van der Waals surface area (Å²) in [5, 5.41) is 7.67. The molecule has 0 aromatic heterocycles. The van der Waals surface area contributed by atoms with Crippen molar-refractivity contribution in [3.63, 3.8) is 0 Å². The van der Waals surface area contributed by atoms with Gasteiger partial charge in [0.2, 0.25) is 5.90 Å². The van der Waals surface area contributed by atoms with Gasteiger partial charge in [0.1, 0.15) is 5.75 Å². The largest absolute Gasteiger partial charge is 0.493 e. The lowest BCUT2D eigenvalue weighted by molar-refractivity contribution is 0.204. The Hall–Kier alpha value is -2.08. The van der Waals surface area contributed by atoms with Crippen LogP contribution < -0.4 is 16.2 Å². The smallest absolute Gasteiger partial charge is 0.411 e. The zero-order chi connectivity index (χ0) is 14.9. The Balaban J connectivity index is 2.26. The minimum atomic E-state index is -1.02. The van der Waals surface area contributed by atoms with Crippen molar-refractivity contribution in [2.24, 2.45) is 11.5 Å². The first kappa shape index (κ1) is 14.3. The van der Waals surface area contributed by atoms with E-state index in [0.717, 1.165) is 16.9 Å². The Morgan fingerprint density at radius 2 is 2.25 bits per heavy atom. The van der Waals surface area contributed by atoms with Gasteiger partial charge in [0.15, 0.2) is 0 Å². The van der Waals surface area contributed by atoms with E-state index in [9.17, 15) is 4.79 Å². The van der Waals surface area contributed by atoms with Gasteiger partial charge in [-0.3, -0.25) is 5.41 Å². The minimum Gasteiger partial charge on any atom is -0.493 e. The molecule has 0 fully saturated rings. The number of primary amides is 1. The van der Waals surface area contributed by atoms with Gasteiger partial charge >= 0.3 is 6.09 Å². The first-order valence-corrected chi connectivity index (χ1v) is 6.48. The number of ether oxygens (including phenoxy) is 2. The van der Waals surface area contributed by atoms with E-state index < -0.39 is 12.1 Å². The predicted molar refractivity (Wildman–Crippen MR) is 75.1 cm³/mol. The van der Waals surface area contributed by atoms with E-state index in [1.165, 1.54) is 0 Å². The average molecular weight is 277 g/mol. The number of carbonyl (C=O) groups excluding carboxylic acids is 1. The monoisotopic (exact) mass is 277 g/mol. The fraction of sp³-hybridized carbons (Fsp3) is 0.429. The first-order valence-electron chi connectivity index (χ1n) is 6.48. The van der Waals surface area contributed by atoms with E-state index in [1.807, 2.05) is 25.1 Å². The maximum atomic E-state index is 10.7. The second-order valence-corrected chi connectivity index (χ2v) is 5.07. The van der Waals surface area contributed by atoms with Gasteiger partial charge in [0.05, 0.1) is 12.6 Å². The molecule has 6 heteroatoms. The van der Waals surface area contributed by atoms with E-state index in [0.29, 0.717) is 6.61 Å². The zero-order valence-corrected chi connectivity index (χ0v) is 11.6. The molecule has 0 spiro atoms. The van der Waals surface area contributed by atoms with E-state index in [1.54, 1.807) is 0 Å². The molecular weight excluding hydrogens is 258 g/mol. The van der Waals surface area contributed by atoms with Crippen LogP contribution in [-0.2, 0) is 4.74 Å². The third-order valence-electron chi connectivity index (χ3n) is 3.62. The van der Waals surface area contributed by atoms with Crippen molar-refractivity contribution in [1.29, 1.82) is 5.41 Å². The number of hydrogen-bond donors (Lipinski definition) is 3. The Kier molecular flexibility index (Phi) is 3.94. The quantitative estimate of drug-likeness (QED) is 0.576. The Morgan fingerprint density at radius 1 is 1.55 bits per heavy atom. The van der Waals surface area contributed by atoms with Gasteiger partial charge in [-0.15, -0.1) is 0 Å². The van der Waals surface area contributed by atoms with Crippen LogP contribution in [0.15, 0.2) is 18.2 Å². The molecule has 0 bridgehead atoms. The lowest BCUT2D eigenvalue weighted by atomic mass is 9.86. The topological polar surface area (TPSA) is 111 Å². The van der Waals surface area contributed by atoms with Crippen LogP contribution in [0.1, 0.15) is 36.8 Å². The predicted octanol–water partition coefficient (Wildman–Crippen LogP) is 1.69. The molecule has 0 aliphatic carbocycles. The molecule has 108 valence electrons. The van der Waals surface area contributed by atoms with Gasteiger partial charge in [-0.25, -0.2) is 4.79 Å². The Bertz CT molecular complexity index is 544. The number of amides is 1. The normalized spacial score (nSPS) is 19.6. The molecule has 1 aromatic carbocycles. The van der Waals surface area contributed by atoms with Gasteiger partial charge in [0.25, 0.3) is 0 Å². The van der Waals surface area contributed by atoms with Gasteiger partial charge in [-0.1, -0.05) is 26.0 Å². The summed E-state index contributed by atoms with van der Waals surface area (Å²) in [6.07, 6.45) is -1.02. The second-order valence-electron chi connectivity index (χ2n) is 5.07. The van der Waals surface area contributed by atoms with Crippen molar-refractivity contribution >= 4 is 12.0 Å². The lowest BCUT2D eigenvalue weighted by Crippen LogP contribution is -2.39.